The minimum absolute atomic E-state index is 0.00758. The molecule has 35 heavy (non-hydrogen) atoms. The first-order valence-electron chi connectivity index (χ1n) is 11.3. The summed E-state index contributed by atoms with van der Waals surface area (Å²) in [5, 5.41) is 13.4. The number of H-pyrrole nitrogens is 1. The van der Waals surface area contributed by atoms with E-state index in [1.807, 2.05) is 6.07 Å². The van der Waals surface area contributed by atoms with Crippen LogP contribution in [0.25, 0.3) is 22.2 Å². The molecule has 0 amide bonds. The van der Waals surface area contributed by atoms with Crippen LogP contribution in [0.3, 0.4) is 0 Å². The Hall–Kier alpha value is -2.89. The Labute approximate surface area is 201 Å². The average molecular weight is 504 g/mol. The number of alkyl halides is 3. The molecule has 2 heterocycles. The molecule has 0 aliphatic heterocycles. The predicted molar refractivity (Wildman–Crippen MR) is 131 cm³/mol. The zero-order chi connectivity index (χ0) is 25.8. The minimum atomic E-state index is -4.69. The van der Waals surface area contributed by atoms with Gasteiger partial charge in [0, 0.05) is 35.4 Å². The van der Waals surface area contributed by atoms with Crippen LogP contribution >= 0.6 is 7.14 Å². The molecule has 0 saturated heterocycles. The third-order valence-corrected chi connectivity index (χ3v) is 8.39. The summed E-state index contributed by atoms with van der Waals surface area (Å²) in [6, 6.07) is 4.95. The zero-order valence-electron chi connectivity index (χ0n) is 20.0. The maximum absolute atomic E-state index is 13.9. The van der Waals surface area contributed by atoms with E-state index in [1.54, 1.807) is 6.07 Å². The van der Waals surface area contributed by atoms with E-state index < -0.39 is 18.9 Å². The number of fused-ring (bicyclic) bond motifs is 1. The summed E-state index contributed by atoms with van der Waals surface area (Å²) < 4.78 is 54.8. The van der Waals surface area contributed by atoms with Crippen LogP contribution in [0.5, 0.6) is 0 Å². The monoisotopic (exact) mass is 504 g/mol. The summed E-state index contributed by atoms with van der Waals surface area (Å²) in [5.74, 6) is 0.0878. The second-order valence-corrected chi connectivity index (χ2v) is 13.4. The lowest BCUT2D eigenvalue weighted by Crippen LogP contribution is -2.46. The van der Waals surface area contributed by atoms with Crippen LogP contribution in [0, 0.1) is 16.7 Å². The normalized spacial score (nSPS) is 20.5. The summed E-state index contributed by atoms with van der Waals surface area (Å²) in [6.07, 6.45) is -0.163. The van der Waals surface area contributed by atoms with Gasteiger partial charge in [0.15, 0.2) is 0 Å². The Bertz CT molecular complexity index is 1370. The van der Waals surface area contributed by atoms with Gasteiger partial charge in [-0.2, -0.15) is 18.4 Å². The largest absolute Gasteiger partial charge is 0.419 e. The number of hydrogen-bond donors (Lipinski definition) is 3. The molecular formula is C24H28F3N6OP. The average Bonchev–Trinajstić information content (AvgIpc) is 3.18. The topological polar surface area (TPSA) is 120 Å². The van der Waals surface area contributed by atoms with Crippen LogP contribution in [0.4, 0.5) is 19.1 Å². The van der Waals surface area contributed by atoms with E-state index in [0.29, 0.717) is 22.6 Å². The lowest BCUT2D eigenvalue weighted by atomic mass is 9.72. The number of hydrogen-bond acceptors (Lipinski definition) is 6. The quantitative estimate of drug-likeness (QED) is 0.426. The SMILES string of the molecule is CC1(C)CC[C@H](Nc2ncc(C(F)(F)F)c(-c3c[nH]c4c(P(C)(C)=O)c(C#N)ccc34)n2)C[C@@H]1N. The first-order valence-corrected chi connectivity index (χ1v) is 13.9. The van der Waals surface area contributed by atoms with Crippen LogP contribution < -0.4 is 16.4 Å². The molecule has 0 spiro atoms. The Kier molecular flexibility index (Phi) is 6.23. The summed E-state index contributed by atoms with van der Waals surface area (Å²) in [7, 11) is -2.92. The zero-order valence-corrected chi connectivity index (χ0v) is 20.9. The van der Waals surface area contributed by atoms with E-state index in [2.05, 4.69) is 34.1 Å². The number of halogens is 3. The van der Waals surface area contributed by atoms with E-state index in [-0.39, 0.29) is 40.3 Å². The van der Waals surface area contributed by atoms with Crippen molar-refractivity contribution in [3.63, 3.8) is 0 Å². The maximum Gasteiger partial charge on any atom is 0.419 e. The van der Waals surface area contributed by atoms with Crippen LogP contribution in [0.1, 0.15) is 44.2 Å². The molecule has 2 atom stereocenters. The van der Waals surface area contributed by atoms with E-state index in [0.717, 1.165) is 19.0 Å². The molecule has 1 aromatic carbocycles. The number of benzene rings is 1. The first-order chi connectivity index (χ1) is 16.2. The predicted octanol–water partition coefficient (Wildman–Crippen LogP) is 5.08. The number of nitrogens with two attached hydrogens (primary N) is 1. The number of nitrogens with zero attached hydrogens (tertiary/aromatic N) is 3. The van der Waals surface area contributed by atoms with Crippen molar-refractivity contribution in [2.45, 2.75) is 51.4 Å². The van der Waals surface area contributed by atoms with E-state index in [1.165, 1.54) is 25.6 Å². The van der Waals surface area contributed by atoms with Crippen LogP contribution in [0.15, 0.2) is 24.5 Å². The highest BCUT2D eigenvalue weighted by Crippen LogP contribution is 2.43. The third kappa shape index (κ3) is 4.80. The van der Waals surface area contributed by atoms with E-state index in [4.69, 9.17) is 5.73 Å². The number of anilines is 1. The summed E-state index contributed by atoms with van der Waals surface area (Å²) in [4.78, 5) is 11.2. The van der Waals surface area contributed by atoms with Crippen LogP contribution in [-0.2, 0) is 10.7 Å². The molecule has 3 aromatic rings. The van der Waals surface area contributed by atoms with Gasteiger partial charge in [-0.1, -0.05) is 19.9 Å². The molecule has 0 bridgehead atoms. The van der Waals surface area contributed by atoms with Gasteiger partial charge in [-0.15, -0.1) is 0 Å². The van der Waals surface area contributed by atoms with E-state index >= 15 is 0 Å². The number of aromatic amines is 1. The molecule has 186 valence electrons. The van der Waals surface area contributed by atoms with Gasteiger partial charge in [-0.25, -0.2) is 9.97 Å². The number of aromatic nitrogens is 3. The highest BCUT2D eigenvalue weighted by molar-refractivity contribution is 7.70. The van der Waals surface area contributed by atoms with Gasteiger partial charge in [0.2, 0.25) is 5.95 Å². The first kappa shape index (κ1) is 25.2. The standard InChI is InChI=1S/C24H28F3N6OP/c1-23(2)8-7-14(9-18(23)29)32-22-31-12-17(24(25,26)27)19(33-22)16-11-30-20-15(16)6-5-13(10-28)21(20)35(3,4)34/h5-6,11-12,14,18,30H,7-9,29H2,1-4H3,(H,31,32,33)/t14-,18-/m0/s1. The summed E-state index contributed by atoms with van der Waals surface area (Å²) >= 11 is 0. The van der Waals surface area contributed by atoms with E-state index in [9.17, 15) is 23.0 Å². The number of nitrogens with one attached hydrogen (secondary N) is 2. The molecule has 2 aromatic heterocycles. The van der Waals surface area contributed by atoms with Crippen molar-refractivity contribution >= 4 is 29.3 Å². The molecule has 4 N–H and O–H groups in total. The smallest absolute Gasteiger partial charge is 0.360 e. The highest BCUT2D eigenvalue weighted by Gasteiger charge is 2.37. The molecule has 1 aliphatic carbocycles. The van der Waals surface area contributed by atoms with Crippen molar-refractivity contribution in [2.24, 2.45) is 11.1 Å². The van der Waals surface area contributed by atoms with Crippen LogP contribution in [-0.4, -0.2) is 40.4 Å². The van der Waals surface area contributed by atoms with Crippen LogP contribution in [0.2, 0.25) is 0 Å². The van der Waals surface area contributed by atoms with Gasteiger partial charge in [-0.3, -0.25) is 0 Å². The van der Waals surface area contributed by atoms with Gasteiger partial charge in [0.05, 0.1) is 28.1 Å². The van der Waals surface area contributed by atoms with Crippen molar-refractivity contribution in [1.29, 1.82) is 5.26 Å². The Balaban J connectivity index is 1.82. The van der Waals surface area contributed by atoms with Gasteiger partial charge in [0.1, 0.15) is 12.7 Å². The fourth-order valence-electron chi connectivity index (χ4n) is 4.68. The van der Waals surface area contributed by atoms with Gasteiger partial charge < -0.3 is 20.6 Å². The fourth-order valence-corrected chi connectivity index (χ4v) is 6.11. The van der Waals surface area contributed by atoms with Gasteiger partial charge >= 0.3 is 6.18 Å². The lowest BCUT2D eigenvalue weighted by molar-refractivity contribution is -0.137. The second-order valence-electron chi connectivity index (χ2n) is 10.2. The van der Waals surface area contributed by atoms with Gasteiger partial charge in [0.25, 0.3) is 0 Å². The Morgan fingerprint density at radius 2 is 2.03 bits per heavy atom. The molecule has 0 radical (unpaired) electrons. The molecule has 11 heteroatoms. The second kappa shape index (κ2) is 8.65. The molecule has 1 fully saturated rings. The molecule has 7 nitrogen and oxygen atoms in total. The Morgan fingerprint density at radius 3 is 2.63 bits per heavy atom. The third-order valence-electron chi connectivity index (χ3n) is 6.85. The molecule has 1 saturated carbocycles. The maximum atomic E-state index is 13.9. The highest BCUT2D eigenvalue weighted by atomic mass is 31.2. The molecular weight excluding hydrogens is 476 g/mol. The molecule has 0 unspecified atom stereocenters. The Morgan fingerprint density at radius 1 is 1.31 bits per heavy atom. The summed E-state index contributed by atoms with van der Waals surface area (Å²) in [5.41, 5.74) is 5.80. The van der Waals surface area contributed by atoms with Crippen molar-refractivity contribution in [2.75, 3.05) is 18.6 Å². The van der Waals surface area contributed by atoms with Gasteiger partial charge in [-0.05, 0) is 44.1 Å². The number of nitriles is 1. The minimum Gasteiger partial charge on any atom is -0.360 e. The van der Waals surface area contributed by atoms with Crippen molar-refractivity contribution < 1.29 is 17.7 Å². The summed E-state index contributed by atoms with van der Waals surface area (Å²) in [6.45, 7) is 7.25. The van der Waals surface area contributed by atoms with Crippen molar-refractivity contribution in [3.8, 4) is 17.3 Å². The molecule has 4 rings (SSSR count). The van der Waals surface area contributed by atoms with Crippen molar-refractivity contribution in [1.82, 2.24) is 15.0 Å². The van der Waals surface area contributed by atoms with Crippen molar-refractivity contribution in [3.05, 3.63) is 35.7 Å². The molecule has 1 aliphatic rings. The lowest BCUT2D eigenvalue weighted by Gasteiger charge is -2.40. The fraction of sp³-hybridized carbons (Fsp3) is 0.458. The number of rotatable bonds is 4.